The molecule has 1 saturated carbocycles. The second kappa shape index (κ2) is 5.89. The number of ether oxygens (including phenoxy) is 1. The lowest BCUT2D eigenvalue weighted by Gasteiger charge is -2.51. The van der Waals surface area contributed by atoms with Crippen molar-refractivity contribution >= 4 is 5.69 Å². The third-order valence-corrected chi connectivity index (χ3v) is 6.14. The molecule has 3 rings (SSSR count). The third kappa shape index (κ3) is 3.13. The summed E-state index contributed by atoms with van der Waals surface area (Å²) in [4.78, 5) is 0. The highest BCUT2D eigenvalue weighted by Gasteiger charge is 2.45. The van der Waals surface area contributed by atoms with Crippen molar-refractivity contribution in [1.29, 1.82) is 0 Å². The molecule has 2 nitrogen and oxygen atoms in total. The van der Waals surface area contributed by atoms with Gasteiger partial charge in [-0.25, -0.2) is 0 Å². The van der Waals surface area contributed by atoms with E-state index in [1.54, 1.807) is 12.7 Å². The summed E-state index contributed by atoms with van der Waals surface area (Å²) >= 11 is 0. The van der Waals surface area contributed by atoms with Crippen LogP contribution in [-0.4, -0.2) is 13.2 Å². The summed E-state index contributed by atoms with van der Waals surface area (Å²) in [5, 5.41) is 3.79. The Morgan fingerprint density at radius 2 is 1.83 bits per heavy atom. The Bertz CT molecular complexity index is 600. The molecular weight excluding hydrogens is 282 g/mol. The molecule has 2 heteroatoms. The Morgan fingerprint density at radius 3 is 2.57 bits per heavy atom. The quantitative estimate of drug-likeness (QED) is 0.727. The molecule has 0 heterocycles. The molecule has 0 bridgehead atoms. The van der Waals surface area contributed by atoms with Crippen LogP contribution in [0.25, 0.3) is 0 Å². The molecule has 0 aromatic heterocycles. The van der Waals surface area contributed by atoms with E-state index in [4.69, 9.17) is 4.74 Å². The van der Waals surface area contributed by atoms with Gasteiger partial charge >= 0.3 is 0 Å². The van der Waals surface area contributed by atoms with E-state index < -0.39 is 0 Å². The van der Waals surface area contributed by atoms with Crippen LogP contribution in [0.1, 0.15) is 53.4 Å². The van der Waals surface area contributed by atoms with E-state index in [2.05, 4.69) is 51.2 Å². The molecular formula is C21H31NO. The highest BCUT2D eigenvalue weighted by molar-refractivity contribution is 5.57. The van der Waals surface area contributed by atoms with Crippen LogP contribution in [0.4, 0.5) is 5.69 Å². The molecule has 2 unspecified atom stereocenters. The van der Waals surface area contributed by atoms with E-state index >= 15 is 0 Å². The van der Waals surface area contributed by atoms with Gasteiger partial charge in [0.05, 0.1) is 12.8 Å². The minimum absolute atomic E-state index is 0.275. The zero-order valence-electron chi connectivity index (χ0n) is 15.3. The highest BCUT2D eigenvalue weighted by atomic mass is 16.5. The van der Waals surface area contributed by atoms with Gasteiger partial charge in [0.2, 0.25) is 0 Å². The minimum Gasteiger partial charge on any atom is -0.495 e. The molecule has 2 atom stereocenters. The first kappa shape index (κ1) is 16.4. The number of rotatable bonds is 3. The molecule has 1 N–H and O–H groups in total. The van der Waals surface area contributed by atoms with Crippen LogP contribution in [0, 0.1) is 16.7 Å². The molecule has 23 heavy (non-hydrogen) atoms. The summed E-state index contributed by atoms with van der Waals surface area (Å²) in [6.45, 7) is 9.74. The molecule has 0 aliphatic heterocycles. The van der Waals surface area contributed by atoms with Crippen molar-refractivity contribution in [2.75, 3.05) is 12.4 Å². The van der Waals surface area contributed by atoms with Crippen LogP contribution >= 0.6 is 0 Å². The Hall–Kier alpha value is -1.44. The lowest BCUT2D eigenvalue weighted by Crippen LogP contribution is -2.47. The van der Waals surface area contributed by atoms with Gasteiger partial charge in [-0.05, 0) is 54.6 Å². The summed E-state index contributed by atoms with van der Waals surface area (Å²) < 4.78 is 5.52. The van der Waals surface area contributed by atoms with E-state index in [9.17, 15) is 0 Å². The van der Waals surface area contributed by atoms with Crippen molar-refractivity contribution < 1.29 is 4.74 Å². The van der Waals surface area contributed by atoms with Gasteiger partial charge in [0.15, 0.2) is 0 Å². The van der Waals surface area contributed by atoms with Crippen LogP contribution in [0.5, 0.6) is 5.75 Å². The van der Waals surface area contributed by atoms with Crippen LogP contribution in [-0.2, 0) is 0 Å². The highest BCUT2D eigenvalue weighted by Crippen LogP contribution is 2.53. The fourth-order valence-electron chi connectivity index (χ4n) is 4.46. The molecule has 0 saturated heterocycles. The third-order valence-electron chi connectivity index (χ3n) is 6.14. The topological polar surface area (TPSA) is 21.3 Å². The smallest absolute Gasteiger partial charge is 0.141 e. The normalized spacial score (nSPS) is 28.5. The molecule has 1 fully saturated rings. The van der Waals surface area contributed by atoms with Crippen molar-refractivity contribution in [3.05, 3.63) is 35.9 Å². The Morgan fingerprint density at radius 1 is 1.09 bits per heavy atom. The van der Waals surface area contributed by atoms with Gasteiger partial charge in [0, 0.05) is 6.04 Å². The monoisotopic (exact) mass is 313 g/mol. The predicted octanol–water partition coefficient (Wildman–Crippen LogP) is 5.66. The molecule has 2 aliphatic rings. The second-order valence-electron chi connectivity index (χ2n) is 8.65. The first-order valence-electron chi connectivity index (χ1n) is 8.92. The standard InChI is InChI=1S/C21H31NO/c1-20(2)12-8-9-15-13-19(21(3,4)14-16(15)20)22-17-10-6-7-11-18(17)23-5/h6-7,9-11,16,19,22H,8,12-14H2,1-5H3. The van der Waals surface area contributed by atoms with E-state index in [0.717, 1.165) is 23.8 Å². The van der Waals surface area contributed by atoms with Gasteiger partial charge in [0.1, 0.15) is 5.75 Å². The maximum atomic E-state index is 5.52. The average molecular weight is 313 g/mol. The van der Waals surface area contributed by atoms with Crippen molar-refractivity contribution in [2.24, 2.45) is 16.7 Å². The Labute approximate surface area is 141 Å². The summed E-state index contributed by atoms with van der Waals surface area (Å²) in [5.41, 5.74) is 3.50. The van der Waals surface area contributed by atoms with Crippen LogP contribution in [0.3, 0.4) is 0 Å². The molecule has 0 spiro atoms. The van der Waals surface area contributed by atoms with Crippen molar-refractivity contribution in [1.82, 2.24) is 0 Å². The van der Waals surface area contributed by atoms with Crippen molar-refractivity contribution in [3.8, 4) is 5.75 Å². The zero-order valence-corrected chi connectivity index (χ0v) is 15.3. The lowest BCUT2D eigenvalue weighted by molar-refractivity contribution is 0.102. The first-order valence-corrected chi connectivity index (χ1v) is 8.92. The van der Waals surface area contributed by atoms with Crippen molar-refractivity contribution in [3.63, 3.8) is 0 Å². The summed E-state index contributed by atoms with van der Waals surface area (Å²) in [6, 6.07) is 8.71. The molecule has 126 valence electrons. The van der Waals surface area contributed by atoms with E-state index in [1.165, 1.54) is 19.3 Å². The minimum atomic E-state index is 0.275. The van der Waals surface area contributed by atoms with E-state index in [-0.39, 0.29) is 5.41 Å². The maximum absolute atomic E-state index is 5.52. The summed E-state index contributed by atoms with van der Waals surface area (Å²) in [5.74, 6) is 1.67. The number of methoxy groups -OCH3 is 1. The zero-order chi connectivity index (χ0) is 16.7. The molecule has 0 amide bonds. The van der Waals surface area contributed by atoms with Crippen molar-refractivity contribution in [2.45, 2.75) is 59.4 Å². The fraction of sp³-hybridized carbons (Fsp3) is 0.619. The average Bonchev–Trinajstić information content (AvgIpc) is 2.49. The van der Waals surface area contributed by atoms with E-state index in [0.29, 0.717) is 11.5 Å². The number of hydrogen-bond acceptors (Lipinski definition) is 2. The fourth-order valence-corrected chi connectivity index (χ4v) is 4.46. The van der Waals surface area contributed by atoms with Gasteiger partial charge < -0.3 is 10.1 Å². The van der Waals surface area contributed by atoms with Crippen LogP contribution in [0.15, 0.2) is 35.9 Å². The molecule has 1 aromatic rings. The number of benzene rings is 1. The Kier molecular flexibility index (Phi) is 4.20. The second-order valence-corrected chi connectivity index (χ2v) is 8.65. The van der Waals surface area contributed by atoms with Gasteiger partial charge in [0.25, 0.3) is 0 Å². The van der Waals surface area contributed by atoms with Crippen LogP contribution in [0.2, 0.25) is 0 Å². The number of allylic oxidation sites excluding steroid dienone is 1. The SMILES string of the molecule is COc1ccccc1NC1CC2=CCCC(C)(C)C2CC1(C)C. The number of para-hydroxylation sites is 2. The van der Waals surface area contributed by atoms with Gasteiger partial charge in [-0.1, -0.05) is 51.5 Å². The lowest BCUT2D eigenvalue weighted by atomic mass is 9.56. The van der Waals surface area contributed by atoms with Gasteiger partial charge in [-0.3, -0.25) is 0 Å². The number of nitrogens with one attached hydrogen (secondary N) is 1. The van der Waals surface area contributed by atoms with Crippen LogP contribution < -0.4 is 10.1 Å². The summed E-state index contributed by atoms with van der Waals surface area (Å²) in [7, 11) is 1.74. The summed E-state index contributed by atoms with van der Waals surface area (Å²) in [6.07, 6.45) is 7.49. The first-order chi connectivity index (χ1) is 10.8. The predicted molar refractivity (Wildman–Crippen MR) is 98.0 cm³/mol. The van der Waals surface area contributed by atoms with Gasteiger partial charge in [-0.15, -0.1) is 0 Å². The van der Waals surface area contributed by atoms with Gasteiger partial charge in [-0.2, -0.15) is 0 Å². The van der Waals surface area contributed by atoms with E-state index in [1.807, 2.05) is 12.1 Å². The number of anilines is 1. The molecule has 0 radical (unpaired) electrons. The molecule has 1 aromatic carbocycles. The Balaban J connectivity index is 1.85. The number of fused-ring (bicyclic) bond motifs is 1. The maximum Gasteiger partial charge on any atom is 0.141 e. The number of hydrogen-bond donors (Lipinski definition) is 1. The largest absolute Gasteiger partial charge is 0.495 e. The molecule has 2 aliphatic carbocycles.